The van der Waals surface area contributed by atoms with Gasteiger partial charge in [0.05, 0.1) is 25.4 Å². The summed E-state index contributed by atoms with van der Waals surface area (Å²) >= 11 is 1.19. The Morgan fingerprint density at radius 3 is 2.83 bits per heavy atom. The normalized spacial score (nSPS) is 14.9. The van der Waals surface area contributed by atoms with Gasteiger partial charge in [0.25, 0.3) is 5.22 Å². The molecule has 0 bridgehead atoms. The summed E-state index contributed by atoms with van der Waals surface area (Å²) in [5.74, 6) is 0.285. The Morgan fingerprint density at radius 2 is 2.04 bits per heavy atom. The van der Waals surface area contributed by atoms with E-state index in [1.807, 2.05) is 0 Å². The quantitative estimate of drug-likeness (QED) is 0.774. The number of rotatable bonds is 5. The second kappa shape index (κ2) is 7.56. The Balaban J connectivity index is 1.53. The number of amides is 1. The van der Waals surface area contributed by atoms with Crippen LogP contribution in [-0.4, -0.2) is 53.1 Å². The van der Waals surface area contributed by atoms with Gasteiger partial charge >= 0.3 is 0 Å². The maximum atomic E-state index is 13.6. The number of ether oxygens (including phenoxy) is 1. The predicted octanol–water partition coefficient (Wildman–Crippen LogP) is 1.75. The first kappa shape index (κ1) is 15.9. The maximum absolute atomic E-state index is 13.6. The van der Waals surface area contributed by atoms with Gasteiger partial charge < -0.3 is 14.1 Å². The molecule has 2 aromatic rings. The molecule has 1 aliphatic heterocycles. The third-order valence-corrected chi connectivity index (χ3v) is 4.23. The smallest absolute Gasteiger partial charge is 0.277 e. The van der Waals surface area contributed by atoms with Crippen LogP contribution in [0.5, 0.6) is 0 Å². The third kappa shape index (κ3) is 4.29. The summed E-state index contributed by atoms with van der Waals surface area (Å²) in [5.41, 5.74) is 0.497. The first-order chi connectivity index (χ1) is 11.2. The van der Waals surface area contributed by atoms with Crippen LogP contribution in [0.25, 0.3) is 0 Å². The largest absolute Gasteiger partial charge is 0.416 e. The lowest BCUT2D eigenvalue weighted by atomic mass is 10.1. The summed E-state index contributed by atoms with van der Waals surface area (Å²) in [6.45, 7) is 2.37. The second-order valence-electron chi connectivity index (χ2n) is 5.01. The molecule has 1 aliphatic rings. The lowest BCUT2D eigenvalue weighted by Gasteiger charge is -2.26. The number of aromatic nitrogens is 2. The van der Waals surface area contributed by atoms with E-state index in [4.69, 9.17) is 9.15 Å². The van der Waals surface area contributed by atoms with Gasteiger partial charge in [0.15, 0.2) is 0 Å². The van der Waals surface area contributed by atoms with E-state index in [0.29, 0.717) is 43.0 Å². The molecule has 0 saturated carbocycles. The lowest BCUT2D eigenvalue weighted by Crippen LogP contribution is -2.41. The molecular weight excluding hydrogens is 321 g/mol. The molecule has 8 heteroatoms. The SMILES string of the molecule is O=C(CSc1nnc(Cc2ccccc2F)o1)N1CCOCC1. The van der Waals surface area contributed by atoms with Gasteiger partial charge in [-0.1, -0.05) is 30.0 Å². The average Bonchev–Trinajstić information content (AvgIpc) is 3.03. The minimum Gasteiger partial charge on any atom is -0.416 e. The number of thioether (sulfide) groups is 1. The molecule has 6 nitrogen and oxygen atoms in total. The predicted molar refractivity (Wildman–Crippen MR) is 81.6 cm³/mol. The Morgan fingerprint density at radius 1 is 1.26 bits per heavy atom. The molecule has 1 amide bonds. The van der Waals surface area contributed by atoms with Crippen molar-refractivity contribution in [3.63, 3.8) is 0 Å². The minimum atomic E-state index is -0.303. The number of nitrogens with zero attached hydrogens (tertiary/aromatic N) is 3. The highest BCUT2D eigenvalue weighted by atomic mass is 32.2. The van der Waals surface area contributed by atoms with E-state index in [1.165, 1.54) is 17.8 Å². The van der Waals surface area contributed by atoms with Crippen molar-refractivity contribution in [2.24, 2.45) is 0 Å². The zero-order valence-electron chi connectivity index (χ0n) is 12.4. The molecule has 0 radical (unpaired) electrons. The van der Waals surface area contributed by atoms with Crippen LogP contribution in [0, 0.1) is 5.82 Å². The van der Waals surface area contributed by atoms with Crippen LogP contribution in [0.3, 0.4) is 0 Å². The molecule has 0 N–H and O–H groups in total. The first-order valence-corrected chi connectivity index (χ1v) is 8.25. The van der Waals surface area contributed by atoms with Gasteiger partial charge in [-0.3, -0.25) is 4.79 Å². The van der Waals surface area contributed by atoms with Gasteiger partial charge in [-0.2, -0.15) is 0 Å². The monoisotopic (exact) mass is 337 g/mol. The summed E-state index contributed by atoms with van der Waals surface area (Å²) in [4.78, 5) is 13.8. The van der Waals surface area contributed by atoms with Crippen molar-refractivity contribution in [1.29, 1.82) is 0 Å². The Kier molecular flexibility index (Phi) is 5.24. The summed E-state index contributed by atoms with van der Waals surface area (Å²) in [6, 6.07) is 6.45. The molecule has 1 aromatic heterocycles. The number of halogens is 1. The van der Waals surface area contributed by atoms with E-state index in [9.17, 15) is 9.18 Å². The van der Waals surface area contributed by atoms with Crippen molar-refractivity contribution in [3.05, 3.63) is 41.5 Å². The third-order valence-electron chi connectivity index (χ3n) is 3.43. The summed E-state index contributed by atoms with van der Waals surface area (Å²) in [7, 11) is 0. The van der Waals surface area contributed by atoms with E-state index in [1.54, 1.807) is 23.1 Å². The van der Waals surface area contributed by atoms with Crippen LogP contribution >= 0.6 is 11.8 Å². The molecule has 2 heterocycles. The number of morpholine rings is 1. The zero-order valence-corrected chi connectivity index (χ0v) is 13.2. The fraction of sp³-hybridized carbons (Fsp3) is 0.400. The van der Waals surface area contributed by atoms with E-state index >= 15 is 0 Å². The molecular formula is C15H16FN3O3S. The molecule has 0 atom stereocenters. The van der Waals surface area contributed by atoms with Gasteiger partial charge in [-0.15, -0.1) is 10.2 Å². The van der Waals surface area contributed by atoms with Crippen molar-refractivity contribution in [1.82, 2.24) is 15.1 Å². The molecule has 23 heavy (non-hydrogen) atoms. The fourth-order valence-corrected chi connectivity index (χ4v) is 2.88. The van der Waals surface area contributed by atoms with Crippen LogP contribution in [0.15, 0.2) is 33.9 Å². The molecule has 1 saturated heterocycles. The van der Waals surface area contributed by atoms with Crippen molar-refractivity contribution >= 4 is 17.7 Å². The van der Waals surface area contributed by atoms with Crippen LogP contribution in [-0.2, 0) is 16.0 Å². The highest BCUT2D eigenvalue weighted by Crippen LogP contribution is 2.19. The van der Waals surface area contributed by atoms with Crippen molar-refractivity contribution in [2.75, 3.05) is 32.1 Å². The maximum Gasteiger partial charge on any atom is 0.277 e. The second-order valence-corrected chi connectivity index (χ2v) is 5.94. The number of benzene rings is 1. The summed E-state index contributed by atoms with van der Waals surface area (Å²) in [6.07, 6.45) is 0.234. The van der Waals surface area contributed by atoms with Gasteiger partial charge in [0, 0.05) is 13.1 Å². The fourth-order valence-electron chi connectivity index (χ4n) is 2.20. The Hall–Kier alpha value is -1.93. The van der Waals surface area contributed by atoms with E-state index in [-0.39, 0.29) is 23.9 Å². The highest BCUT2D eigenvalue weighted by molar-refractivity contribution is 7.99. The average molecular weight is 337 g/mol. The molecule has 0 spiro atoms. The minimum absolute atomic E-state index is 0.0205. The molecule has 3 rings (SSSR count). The van der Waals surface area contributed by atoms with Gasteiger partial charge in [0.2, 0.25) is 11.8 Å². The summed E-state index contributed by atoms with van der Waals surface area (Å²) < 4.78 is 24.3. The number of carbonyl (C=O) groups is 1. The first-order valence-electron chi connectivity index (χ1n) is 7.26. The van der Waals surface area contributed by atoms with Crippen molar-refractivity contribution in [3.8, 4) is 0 Å². The van der Waals surface area contributed by atoms with Crippen LogP contribution in [0.1, 0.15) is 11.5 Å². The van der Waals surface area contributed by atoms with Gasteiger partial charge in [0.1, 0.15) is 5.82 Å². The number of hydrogen-bond acceptors (Lipinski definition) is 6. The molecule has 0 aliphatic carbocycles. The number of hydrogen-bond donors (Lipinski definition) is 0. The van der Waals surface area contributed by atoms with Crippen molar-refractivity contribution < 1.29 is 18.3 Å². The van der Waals surface area contributed by atoms with Gasteiger partial charge in [-0.25, -0.2) is 4.39 Å². The van der Waals surface area contributed by atoms with E-state index in [2.05, 4.69) is 10.2 Å². The van der Waals surface area contributed by atoms with Crippen LogP contribution in [0.4, 0.5) is 4.39 Å². The molecule has 1 fully saturated rings. The van der Waals surface area contributed by atoms with Crippen molar-refractivity contribution in [2.45, 2.75) is 11.6 Å². The Bertz CT molecular complexity index is 673. The van der Waals surface area contributed by atoms with Crippen LogP contribution < -0.4 is 0 Å². The summed E-state index contributed by atoms with van der Waals surface area (Å²) in [5, 5.41) is 8.10. The molecule has 122 valence electrons. The molecule has 1 aromatic carbocycles. The highest BCUT2D eigenvalue weighted by Gasteiger charge is 2.18. The van der Waals surface area contributed by atoms with Gasteiger partial charge in [-0.05, 0) is 11.6 Å². The molecule has 0 unspecified atom stereocenters. The lowest BCUT2D eigenvalue weighted by molar-refractivity contribution is -0.132. The zero-order chi connectivity index (χ0) is 16.1. The van der Waals surface area contributed by atoms with E-state index < -0.39 is 0 Å². The number of carbonyl (C=O) groups excluding carboxylic acids is 1. The Labute approximate surface area is 137 Å². The topological polar surface area (TPSA) is 68.5 Å². The standard InChI is InChI=1S/C15H16FN3O3S/c16-12-4-2-1-3-11(12)9-13-17-18-15(22-13)23-10-14(20)19-5-7-21-8-6-19/h1-4H,5-10H2. The van der Waals surface area contributed by atoms with E-state index in [0.717, 1.165) is 0 Å². The van der Waals surface area contributed by atoms with Crippen LogP contribution in [0.2, 0.25) is 0 Å².